The number of hydrogen-bond donors (Lipinski definition) is 1. The summed E-state index contributed by atoms with van der Waals surface area (Å²) in [6.45, 7) is 5.29. The second-order valence-corrected chi connectivity index (χ2v) is 6.73. The van der Waals surface area contributed by atoms with Crippen molar-refractivity contribution in [2.24, 2.45) is 0 Å². The molecule has 2 aliphatic heterocycles. The van der Waals surface area contributed by atoms with Gasteiger partial charge in [-0.25, -0.2) is 9.78 Å². The predicted molar refractivity (Wildman–Crippen MR) is 92.0 cm³/mol. The predicted octanol–water partition coefficient (Wildman–Crippen LogP) is 2.58. The second-order valence-electron chi connectivity index (χ2n) is 6.73. The molecule has 1 aromatic carbocycles. The van der Waals surface area contributed by atoms with E-state index in [1.807, 2.05) is 12.1 Å². The third-order valence-corrected chi connectivity index (χ3v) is 5.05. The maximum absolute atomic E-state index is 11.5. The molecule has 6 heteroatoms. The monoisotopic (exact) mass is 328 g/mol. The number of carbonyl (C=O) groups is 1. The number of nitrogens with one attached hydrogen (secondary N) is 1. The largest absolute Gasteiger partial charge is 0.448 e. The van der Waals surface area contributed by atoms with Crippen LogP contribution in [0.2, 0.25) is 0 Å². The number of piperidine rings is 1. The van der Waals surface area contributed by atoms with E-state index < -0.39 is 0 Å². The van der Waals surface area contributed by atoms with Crippen LogP contribution in [0, 0.1) is 0 Å². The molecule has 3 heterocycles. The van der Waals surface area contributed by atoms with Crippen molar-refractivity contribution in [3.63, 3.8) is 0 Å². The van der Waals surface area contributed by atoms with Gasteiger partial charge in [-0.2, -0.15) is 0 Å². The average molecular weight is 328 g/mol. The van der Waals surface area contributed by atoms with Gasteiger partial charge >= 0.3 is 6.09 Å². The van der Waals surface area contributed by atoms with Crippen molar-refractivity contribution < 1.29 is 9.53 Å². The number of ether oxygens (including phenoxy) is 1. The highest BCUT2D eigenvalue weighted by molar-refractivity contribution is 5.74. The molecule has 1 aromatic heterocycles. The van der Waals surface area contributed by atoms with Crippen LogP contribution in [0.25, 0.3) is 11.0 Å². The van der Waals surface area contributed by atoms with Gasteiger partial charge < -0.3 is 19.5 Å². The summed E-state index contributed by atoms with van der Waals surface area (Å²) in [6.07, 6.45) is 3.23. The number of likely N-dealkylation sites (tertiary alicyclic amines) is 1. The van der Waals surface area contributed by atoms with Crippen LogP contribution < -0.4 is 0 Å². The molecule has 2 fully saturated rings. The number of hydrogen-bond acceptors (Lipinski definition) is 4. The van der Waals surface area contributed by atoms with Crippen molar-refractivity contribution in [3.05, 3.63) is 30.1 Å². The van der Waals surface area contributed by atoms with Crippen LogP contribution >= 0.6 is 0 Å². The van der Waals surface area contributed by atoms with Crippen molar-refractivity contribution in [3.8, 4) is 0 Å². The van der Waals surface area contributed by atoms with Gasteiger partial charge in [0.05, 0.1) is 17.6 Å². The number of cyclic esters (lactones) is 1. The van der Waals surface area contributed by atoms with Crippen LogP contribution in [0.1, 0.15) is 31.0 Å². The topological polar surface area (TPSA) is 61.5 Å². The standard InChI is InChI=1S/C18H24N4O2/c23-18-22(11-12-24-18)10-4-9-21-8-3-5-14(13-21)17-19-15-6-1-2-7-16(15)20-17/h1-2,6-7,14H,3-5,8-13H2,(H,19,20)/t14-/m0/s1. The number of nitrogens with zero attached hydrogens (tertiary/aromatic N) is 3. The lowest BCUT2D eigenvalue weighted by atomic mass is 9.97. The summed E-state index contributed by atoms with van der Waals surface area (Å²) in [5.41, 5.74) is 2.18. The number of H-pyrrole nitrogens is 1. The lowest BCUT2D eigenvalue weighted by molar-refractivity contribution is 0.154. The fraction of sp³-hybridized carbons (Fsp3) is 0.556. The van der Waals surface area contributed by atoms with E-state index in [1.54, 1.807) is 4.90 Å². The van der Waals surface area contributed by atoms with Crippen molar-refractivity contribution in [1.29, 1.82) is 0 Å². The smallest absolute Gasteiger partial charge is 0.409 e. The zero-order valence-corrected chi connectivity index (χ0v) is 13.9. The fourth-order valence-electron chi connectivity index (χ4n) is 3.76. The molecule has 1 atom stereocenters. The summed E-state index contributed by atoms with van der Waals surface area (Å²) >= 11 is 0. The summed E-state index contributed by atoms with van der Waals surface area (Å²) in [7, 11) is 0. The normalized spacial score (nSPS) is 22.2. The van der Waals surface area contributed by atoms with Gasteiger partial charge in [-0.1, -0.05) is 12.1 Å². The number of aromatic nitrogens is 2. The van der Waals surface area contributed by atoms with E-state index in [4.69, 9.17) is 9.72 Å². The number of benzene rings is 1. The Kier molecular flexibility index (Phi) is 4.38. The molecule has 0 radical (unpaired) electrons. The minimum absolute atomic E-state index is 0.159. The summed E-state index contributed by atoms with van der Waals surface area (Å²) < 4.78 is 4.97. The van der Waals surface area contributed by atoms with Gasteiger partial charge in [0.15, 0.2) is 0 Å². The van der Waals surface area contributed by atoms with E-state index in [0.717, 1.165) is 56.0 Å². The molecule has 0 unspecified atom stereocenters. The number of para-hydroxylation sites is 2. The highest BCUT2D eigenvalue weighted by Crippen LogP contribution is 2.26. The zero-order chi connectivity index (χ0) is 16.4. The number of imidazole rings is 1. The SMILES string of the molecule is O=C1OCCN1CCCN1CCC[C@H](c2nc3ccccc3[nH]2)C1. The summed E-state index contributed by atoms with van der Waals surface area (Å²) in [5, 5.41) is 0. The van der Waals surface area contributed by atoms with Crippen molar-refractivity contribution >= 4 is 17.1 Å². The molecule has 0 spiro atoms. The summed E-state index contributed by atoms with van der Waals surface area (Å²) in [4.78, 5) is 24.0. The van der Waals surface area contributed by atoms with Crippen LogP contribution in [0.5, 0.6) is 0 Å². The Labute approximate surface area is 141 Å². The molecule has 1 amide bonds. The zero-order valence-electron chi connectivity index (χ0n) is 13.9. The van der Waals surface area contributed by atoms with E-state index in [9.17, 15) is 4.79 Å². The molecule has 24 heavy (non-hydrogen) atoms. The van der Waals surface area contributed by atoms with Gasteiger partial charge in [-0.15, -0.1) is 0 Å². The molecule has 0 bridgehead atoms. The lowest BCUT2D eigenvalue weighted by Gasteiger charge is -2.32. The third kappa shape index (κ3) is 3.24. The van der Waals surface area contributed by atoms with Gasteiger partial charge in [0.2, 0.25) is 0 Å². The first kappa shape index (κ1) is 15.4. The molecule has 1 N–H and O–H groups in total. The van der Waals surface area contributed by atoms with Crippen molar-refractivity contribution in [1.82, 2.24) is 19.8 Å². The summed E-state index contributed by atoms with van der Waals surface area (Å²) in [6, 6.07) is 8.22. The Hall–Kier alpha value is -2.08. The maximum Gasteiger partial charge on any atom is 0.409 e. The molecule has 2 aliphatic rings. The van der Waals surface area contributed by atoms with Gasteiger partial charge in [-0.3, -0.25) is 0 Å². The van der Waals surface area contributed by atoms with Crippen LogP contribution in [0.4, 0.5) is 4.79 Å². The molecule has 0 aliphatic carbocycles. The highest BCUT2D eigenvalue weighted by atomic mass is 16.6. The fourth-order valence-corrected chi connectivity index (χ4v) is 3.76. The molecular formula is C18H24N4O2. The molecule has 0 saturated carbocycles. The van der Waals surface area contributed by atoms with Gasteiger partial charge in [0, 0.05) is 19.0 Å². The van der Waals surface area contributed by atoms with Crippen molar-refractivity contribution in [2.45, 2.75) is 25.2 Å². The second kappa shape index (κ2) is 6.81. The Balaban J connectivity index is 1.32. The number of carbonyl (C=O) groups excluding carboxylic acids is 1. The van der Waals surface area contributed by atoms with E-state index >= 15 is 0 Å². The van der Waals surface area contributed by atoms with Gasteiger partial charge in [0.1, 0.15) is 12.4 Å². The molecular weight excluding hydrogens is 304 g/mol. The Bertz CT molecular complexity index is 681. The Morgan fingerprint density at radius 1 is 1.25 bits per heavy atom. The highest BCUT2D eigenvalue weighted by Gasteiger charge is 2.25. The first-order valence-corrected chi connectivity index (χ1v) is 8.88. The van der Waals surface area contributed by atoms with Crippen LogP contribution in [-0.2, 0) is 4.74 Å². The van der Waals surface area contributed by atoms with Crippen LogP contribution in [0.3, 0.4) is 0 Å². The Morgan fingerprint density at radius 3 is 3.00 bits per heavy atom. The number of rotatable bonds is 5. The Morgan fingerprint density at radius 2 is 2.17 bits per heavy atom. The van der Waals surface area contributed by atoms with Crippen molar-refractivity contribution in [2.75, 3.05) is 39.3 Å². The van der Waals surface area contributed by atoms with E-state index in [-0.39, 0.29) is 6.09 Å². The summed E-state index contributed by atoms with van der Waals surface area (Å²) in [5.74, 6) is 1.59. The molecule has 128 valence electrons. The van der Waals surface area contributed by atoms with E-state index in [1.165, 1.54) is 12.8 Å². The van der Waals surface area contributed by atoms with E-state index in [2.05, 4.69) is 22.0 Å². The molecule has 2 saturated heterocycles. The van der Waals surface area contributed by atoms with Crippen LogP contribution in [0.15, 0.2) is 24.3 Å². The van der Waals surface area contributed by atoms with Gasteiger partial charge in [0.25, 0.3) is 0 Å². The average Bonchev–Trinajstić information content (AvgIpc) is 3.21. The quantitative estimate of drug-likeness (QED) is 0.916. The van der Waals surface area contributed by atoms with Crippen LogP contribution in [-0.4, -0.2) is 65.2 Å². The molecule has 2 aromatic rings. The number of aromatic amines is 1. The first-order chi connectivity index (χ1) is 11.8. The first-order valence-electron chi connectivity index (χ1n) is 8.88. The van der Waals surface area contributed by atoms with Gasteiger partial charge in [-0.05, 0) is 44.5 Å². The minimum atomic E-state index is -0.159. The molecule has 6 nitrogen and oxygen atoms in total. The number of amides is 1. The van der Waals surface area contributed by atoms with E-state index in [0.29, 0.717) is 12.5 Å². The maximum atomic E-state index is 11.5. The third-order valence-electron chi connectivity index (χ3n) is 5.05. The minimum Gasteiger partial charge on any atom is -0.448 e. The number of fused-ring (bicyclic) bond motifs is 1. The molecule has 4 rings (SSSR count). The lowest BCUT2D eigenvalue weighted by Crippen LogP contribution is -2.37.